The molecule has 1 saturated heterocycles. The molecule has 31 heavy (non-hydrogen) atoms. The summed E-state index contributed by atoms with van der Waals surface area (Å²) in [5.74, 6) is -0.644. The van der Waals surface area contributed by atoms with Crippen LogP contribution in [0.2, 0.25) is 0 Å². The number of pyridine rings is 1. The number of aromatic nitrogens is 1. The van der Waals surface area contributed by atoms with Gasteiger partial charge in [0.1, 0.15) is 22.9 Å². The van der Waals surface area contributed by atoms with Crippen molar-refractivity contribution in [1.29, 1.82) is 0 Å². The van der Waals surface area contributed by atoms with Gasteiger partial charge in [0, 0.05) is 24.0 Å². The number of halogens is 1. The second kappa shape index (κ2) is 7.20. The zero-order valence-corrected chi connectivity index (χ0v) is 19.0. The van der Waals surface area contributed by atoms with Crippen LogP contribution in [0.25, 0.3) is 0 Å². The Balaban J connectivity index is 1.74. The van der Waals surface area contributed by atoms with Crippen LogP contribution in [0.3, 0.4) is 0 Å². The zero-order chi connectivity index (χ0) is 22.6. The summed E-state index contributed by atoms with van der Waals surface area (Å²) in [6, 6.07) is 7.76. The van der Waals surface area contributed by atoms with E-state index in [1.54, 1.807) is 31.3 Å². The summed E-state index contributed by atoms with van der Waals surface area (Å²) < 4.78 is 31.4. The standard InChI is InChI=1S/C22H28FN5O2S/c1-13-5-8-17(25-12-13)19(29)27-14-6-7-16(23)15(11-14)22(4)18-9-10-26-31(18,30)21(2,3)20(24)28-22/h5-8,11-12,18,31H,9-10H2,1-4H3,(H2,24,28)(H,26,30)(H,27,29)/t18-,22+/m0/s1. The zero-order valence-electron chi connectivity index (χ0n) is 18.1. The van der Waals surface area contributed by atoms with Gasteiger partial charge in [-0.3, -0.25) is 23.7 Å². The van der Waals surface area contributed by atoms with Crippen molar-refractivity contribution in [3.8, 4) is 0 Å². The number of aliphatic imine (C=N–C) groups is 1. The number of nitrogens with one attached hydrogen (secondary N) is 2. The number of amidine groups is 1. The highest BCUT2D eigenvalue weighted by Crippen LogP contribution is 2.49. The molecule has 166 valence electrons. The molecule has 4 N–H and O–H groups in total. The third-order valence-electron chi connectivity index (χ3n) is 6.58. The number of amides is 1. The van der Waals surface area contributed by atoms with Gasteiger partial charge in [0.05, 0.1) is 10.00 Å². The highest BCUT2D eigenvalue weighted by molar-refractivity contribution is 8.04. The number of nitrogens with two attached hydrogens (primary N) is 1. The molecule has 0 aliphatic carbocycles. The van der Waals surface area contributed by atoms with Gasteiger partial charge in [-0.15, -0.1) is 0 Å². The molecule has 0 spiro atoms. The maximum Gasteiger partial charge on any atom is 0.274 e. The summed E-state index contributed by atoms with van der Waals surface area (Å²) in [6.07, 6.45) is 2.20. The lowest BCUT2D eigenvalue weighted by Gasteiger charge is -2.50. The average molecular weight is 446 g/mol. The number of carbonyl (C=O) groups excluding carboxylic acids is 1. The minimum atomic E-state index is -3.01. The third kappa shape index (κ3) is 3.27. The maximum absolute atomic E-state index is 15.1. The van der Waals surface area contributed by atoms with Gasteiger partial charge >= 0.3 is 0 Å². The van der Waals surface area contributed by atoms with E-state index in [2.05, 4.69) is 15.0 Å². The Morgan fingerprint density at radius 3 is 2.71 bits per heavy atom. The number of nitrogens with zero attached hydrogens (tertiary/aromatic N) is 2. The number of hydrogen-bond donors (Lipinski definition) is 4. The molecule has 1 fully saturated rings. The third-order valence-corrected chi connectivity index (χ3v) is 10.8. The fourth-order valence-corrected chi connectivity index (χ4v) is 8.19. The Morgan fingerprint density at radius 1 is 1.29 bits per heavy atom. The predicted molar refractivity (Wildman–Crippen MR) is 122 cm³/mol. The molecule has 9 heteroatoms. The smallest absolute Gasteiger partial charge is 0.274 e. The Hall–Kier alpha value is -2.65. The number of rotatable bonds is 3. The molecule has 2 aromatic rings. The summed E-state index contributed by atoms with van der Waals surface area (Å²) in [4.78, 5) is 21.4. The van der Waals surface area contributed by atoms with Crippen LogP contribution in [0.1, 0.15) is 48.8 Å². The first-order chi connectivity index (χ1) is 14.5. The van der Waals surface area contributed by atoms with Gasteiger partial charge < -0.3 is 11.1 Å². The fraction of sp³-hybridized carbons (Fsp3) is 0.409. The first-order valence-corrected chi connectivity index (χ1v) is 12.0. The molecule has 4 rings (SSSR count). The summed E-state index contributed by atoms with van der Waals surface area (Å²) in [7, 11) is -3.01. The van der Waals surface area contributed by atoms with Crippen LogP contribution in [-0.4, -0.2) is 37.5 Å². The van der Waals surface area contributed by atoms with Gasteiger partial charge in [0.2, 0.25) is 0 Å². The fourth-order valence-electron chi connectivity index (χ4n) is 4.54. The monoisotopic (exact) mass is 445 g/mol. The number of benzene rings is 1. The van der Waals surface area contributed by atoms with E-state index < -0.39 is 37.4 Å². The molecule has 1 aromatic carbocycles. The minimum absolute atomic E-state index is 0.238. The molecule has 2 aliphatic rings. The Kier molecular flexibility index (Phi) is 5.01. The van der Waals surface area contributed by atoms with Crippen LogP contribution in [0.5, 0.6) is 0 Å². The van der Waals surface area contributed by atoms with E-state index in [4.69, 9.17) is 10.7 Å². The quantitative estimate of drug-likeness (QED) is 0.544. The Labute approximate surface area is 182 Å². The lowest BCUT2D eigenvalue weighted by Crippen LogP contribution is -2.64. The maximum atomic E-state index is 15.1. The highest BCUT2D eigenvalue weighted by atomic mass is 32.3. The van der Waals surface area contributed by atoms with Crippen LogP contribution < -0.4 is 15.8 Å². The van der Waals surface area contributed by atoms with Crippen molar-refractivity contribution in [1.82, 2.24) is 9.71 Å². The molecule has 1 aromatic heterocycles. The Bertz CT molecular complexity index is 1130. The second-order valence-electron chi connectivity index (χ2n) is 8.94. The molecular formula is C22H28FN5O2S. The van der Waals surface area contributed by atoms with Crippen LogP contribution in [0.4, 0.5) is 10.1 Å². The van der Waals surface area contributed by atoms with Crippen LogP contribution in [0.15, 0.2) is 41.5 Å². The lowest BCUT2D eigenvalue weighted by atomic mass is 9.86. The molecular weight excluding hydrogens is 417 g/mol. The van der Waals surface area contributed by atoms with Gasteiger partial charge in [-0.25, -0.2) is 4.39 Å². The molecule has 0 bridgehead atoms. The normalized spacial score (nSPS) is 27.1. The van der Waals surface area contributed by atoms with Gasteiger partial charge in [-0.1, -0.05) is 6.07 Å². The number of anilines is 1. The molecule has 2 aliphatic heterocycles. The summed E-state index contributed by atoms with van der Waals surface area (Å²) in [6.45, 7) is 7.85. The summed E-state index contributed by atoms with van der Waals surface area (Å²) >= 11 is 0. The van der Waals surface area contributed by atoms with Crippen molar-refractivity contribution in [2.75, 3.05) is 11.9 Å². The first kappa shape index (κ1) is 21.6. The van der Waals surface area contributed by atoms with E-state index in [1.807, 2.05) is 20.8 Å². The van der Waals surface area contributed by atoms with E-state index in [1.165, 1.54) is 12.1 Å². The number of aryl methyl sites for hydroxylation is 1. The second-order valence-corrected chi connectivity index (χ2v) is 12.3. The topological polar surface area (TPSA) is 109 Å². The van der Waals surface area contributed by atoms with E-state index in [-0.39, 0.29) is 17.1 Å². The number of hydrogen-bond acceptors (Lipinski definition) is 5. The predicted octanol–water partition coefficient (Wildman–Crippen LogP) is 2.44. The highest BCUT2D eigenvalue weighted by Gasteiger charge is 2.58. The molecule has 1 amide bonds. The summed E-state index contributed by atoms with van der Waals surface area (Å²) in [5, 5.41) is 2.36. The van der Waals surface area contributed by atoms with Crippen molar-refractivity contribution in [2.24, 2.45) is 10.7 Å². The van der Waals surface area contributed by atoms with Gasteiger partial charge in [0.15, 0.2) is 0 Å². The van der Waals surface area contributed by atoms with Gasteiger partial charge in [-0.05, 0) is 74.1 Å². The van der Waals surface area contributed by atoms with Gasteiger partial charge in [0.25, 0.3) is 5.91 Å². The molecule has 2 atom stereocenters. The largest absolute Gasteiger partial charge is 0.386 e. The minimum Gasteiger partial charge on any atom is -0.386 e. The van der Waals surface area contributed by atoms with Crippen molar-refractivity contribution in [3.05, 3.63) is 59.2 Å². The number of fused-ring (bicyclic) bond motifs is 1. The molecule has 3 heterocycles. The van der Waals surface area contributed by atoms with E-state index in [0.29, 0.717) is 18.7 Å². The summed E-state index contributed by atoms with van der Waals surface area (Å²) in [5.41, 5.74) is 7.01. The lowest BCUT2D eigenvalue weighted by molar-refractivity contribution is 0.102. The Morgan fingerprint density at radius 2 is 2.03 bits per heavy atom. The first-order valence-electron chi connectivity index (χ1n) is 10.2. The molecule has 0 radical (unpaired) electrons. The van der Waals surface area contributed by atoms with Gasteiger partial charge in [-0.2, -0.15) is 0 Å². The number of carbonyl (C=O) groups is 1. The van der Waals surface area contributed by atoms with E-state index >= 15 is 4.39 Å². The molecule has 0 unspecified atom stereocenters. The van der Waals surface area contributed by atoms with Crippen molar-refractivity contribution < 1.29 is 13.4 Å². The van der Waals surface area contributed by atoms with Crippen molar-refractivity contribution >= 4 is 27.5 Å². The van der Waals surface area contributed by atoms with Crippen molar-refractivity contribution in [2.45, 2.75) is 49.7 Å². The van der Waals surface area contributed by atoms with E-state index in [9.17, 15) is 9.00 Å². The molecule has 0 saturated carbocycles. The van der Waals surface area contributed by atoms with Crippen LogP contribution in [-0.2, 0) is 15.7 Å². The van der Waals surface area contributed by atoms with E-state index in [0.717, 1.165) is 5.56 Å². The molecule has 7 nitrogen and oxygen atoms in total. The van der Waals surface area contributed by atoms with Crippen LogP contribution in [0, 0.1) is 12.7 Å². The SMILES string of the molecule is Cc1ccc(C(=O)Nc2ccc(F)c([C@@]3(C)N=C(N)C(C)(C)[SH]4(=O)NCC[C@@H]34)c2)nc1. The van der Waals surface area contributed by atoms with Crippen LogP contribution >= 0.6 is 0 Å². The van der Waals surface area contributed by atoms with Crippen molar-refractivity contribution in [3.63, 3.8) is 0 Å². The number of thiol groups is 1. The average Bonchev–Trinajstić information content (AvgIpc) is 3.13.